The van der Waals surface area contributed by atoms with E-state index in [9.17, 15) is 4.79 Å². The van der Waals surface area contributed by atoms with E-state index in [2.05, 4.69) is 45.5 Å². The Hall–Kier alpha value is -4.26. The summed E-state index contributed by atoms with van der Waals surface area (Å²) in [7, 11) is 0. The molecule has 0 radical (unpaired) electrons. The second kappa shape index (κ2) is 10.2. The largest absolute Gasteiger partial charge is 0.483 e. The van der Waals surface area contributed by atoms with Gasteiger partial charge in [0, 0.05) is 17.0 Å². The van der Waals surface area contributed by atoms with E-state index >= 15 is 0 Å². The number of tetrazole rings is 1. The minimum Gasteiger partial charge on any atom is -0.483 e. The molecule has 0 aliphatic carbocycles. The molecular weight excluding hydrogens is 450 g/mol. The molecule has 2 N–H and O–H groups in total. The molecule has 1 amide bonds. The molecule has 1 aromatic heterocycles. The lowest BCUT2D eigenvalue weighted by Gasteiger charge is -2.15. The Labute approximate surface area is 210 Å². The molecule has 1 aliphatic rings. The van der Waals surface area contributed by atoms with E-state index in [4.69, 9.17) is 4.74 Å². The molecule has 0 saturated heterocycles. The van der Waals surface area contributed by atoms with Crippen LogP contribution in [0.2, 0.25) is 0 Å². The van der Waals surface area contributed by atoms with Gasteiger partial charge in [-0.2, -0.15) is 5.21 Å². The van der Waals surface area contributed by atoms with E-state index in [1.807, 2.05) is 67.6 Å². The molecule has 5 rings (SSSR count). The summed E-state index contributed by atoms with van der Waals surface area (Å²) in [5.74, 6) is 1.30. The Morgan fingerprint density at radius 2 is 1.92 bits per heavy atom. The minimum absolute atomic E-state index is 0.0950. The van der Waals surface area contributed by atoms with Gasteiger partial charge in [0.1, 0.15) is 11.9 Å². The quantitative estimate of drug-likeness (QED) is 0.309. The molecule has 1 aliphatic heterocycles. The monoisotopic (exact) mass is 479 g/mol. The van der Waals surface area contributed by atoms with Crippen LogP contribution >= 0.6 is 0 Å². The fourth-order valence-corrected chi connectivity index (χ4v) is 4.84. The van der Waals surface area contributed by atoms with Crippen molar-refractivity contribution in [2.45, 2.75) is 45.1 Å². The minimum atomic E-state index is -0.143. The topological polar surface area (TPSA) is 92.8 Å². The Balaban J connectivity index is 1.57. The summed E-state index contributed by atoms with van der Waals surface area (Å²) in [6.07, 6.45) is 3.95. The SMILES string of the molecule is C=C[C@@H]1Oc2c(NC(=O)Cc3ccc(C)cc3)cc(-c3ccccc3-c3nn[nH]n3)cc2[C@H]1CCC. The highest BCUT2D eigenvalue weighted by molar-refractivity contribution is 5.96. The van der Waals surface area contributed by atoms with Crippen molar-refractivity contribution in [1.82, 2.24) is 20.6 Å². The lowest BCUT2D eigenvalue weighted by atomic mass is 9.88. The molecule has 0 bridgehead atoms. The third kappa shape index (κ3) is 4.64. The number of hydrogen-bond acceptors (Lipinski definition) is 5. The molecule has 7 heteroatoms. The average molecular weight is 480 g/mol. The number of hydrogen-bond donors (Lipinski definition) is 2. The van der Waals surface area contributed by atoms with Gasteiger partial charge in [-0.3, -0.25) is 4.79 Å². The third-order valence-corrected chi connectivity index (χ3v) is 6.58. The molecule has 3 aromatic carbocycles. The number of nitrogens with one attached hydrogen (secondary N) is 2. The molecule has 4 aromatic rings. The predicted octanol–water partition coefficient (Wildman–Crippen LogP) is 5.85. The van der Waals surface area contributed by atoms with Crippen molar-refractivity contribution in [3.63, 3.8) is 0 Å². The number of amides is 1. The molecule has 182 valence electrons. The highest BCUT2D eigenvalue weighted by Crippen LogP contribution is 2.48. The summed E-state index contributed by atoms with van der Waals surface area (Å²) in [5, 5.41) is 17.8. The summed E-state index contributed by atoms with van der Waals surface area (Å²) in [5.41, 5.74) is 6.62. The number of benzene rings is 3. The average Bonchev–Trinajstić information content (AvgIpc) is 3.54. The van der Waals surface area contributed by atoms with E-state index in [1.165, 1.54) is 0 Å². The maximum atomic E-state index is 13.1. The van der Waals surface area contributed by atoms with E-state index in [-0.39, 0.29) is 24.3 Å². The van der Waals surface area contributed by atoms with Gasteiger partial charge in [0.2, 0.25) is 11.7 Å². The first kappa shape index (κ1) is 23.5. The normalized spacial score (nSPS) is 16.3. The molecule has 2 atom stereocenters. The molecule has 36 heavy (non-hydrogen) atoms. The molecule has 0 fully saturated rings. The van der Waals surface area contributed by atoms with Crippen LogP contribution in [0.4, 0.5) is 5.69 Å². The van der Waals surface area contributed by atoms with Crippen LogP contribution < -0.4 is 10.1 Å². The smallest absolute Gasteiger partial charge is 0.228 e. The second-order valence-corrected chi connectivity index (χ2v) is 9.15. The summed E-state index contributed by atoms with van der Waals surface area (Å²) in [4.78, 5) is 13.1. The van der Waals surface area contributed by atoms with Crippen molar-refractivity contribution < 1.29 is 9.53 Å². The number of ether oxygens (including phenoxy) is 1. The third-order valence-electron chi connectivity index (χ3n) is 6.58. The number of carbonyl (C=O) groups is 1. The number of rotatable bonds is 8. The van der Waals surface area contributed by atoms with Crippen molar-refractivity contribution in [1.29, 1.82) is 0 Å². The van der Waals surface area contributed by atoms with Crippen LogP contribution in [-0.2, 0) is 11.2 Å². The molecule has 2 heterocycles. The number of H-pyrrole nitrogens is 1. The first-order valence-corrected chi connectivity index (χ1v) is 12.2. The van der Waals surface area contributed by atoms with Crippen LogP contribution in [0.25, 0.3) is 22.5 Å². The van der Waals surface area contributed by atoms with Crippen molar-refractivity contribution in [3.05, 3.63) is 90.0 Å². The van der Waals surface area contributed by atoms with Crippen LogP contribution in [0.5, 0.6) is 5.75 Å². The van der Waals surface area contributed by atoms with E-state index in [0.29, 0.717) is 11.5 Å². The molecule has 0 spiro atoms. The van der Waals surface area contributed by atoms with Crippen LogP contribution in [0, 0.1) is 6.92 Å². The Bertz CT molecular complexity index is 1380. The van der Waals surface area contributed by atoms with Crippen molar-refractivity contribution in [2.75, 3.05) is 5.32 Å². The van der Waals surface area contributed by atoms with Gasteiger partial charge < -0.3 is 10.1 Å². The van der Waals surface area contributed by atoms with Crippen molar-refractivity contribution >= 4 is 11.6 Å². The van der Waals surface area contributed by atoms with Crippen LogP contribution in [-0.4, -0.2) is 32.6 Å². The van der Waals surface area contributed by atoms with Crippen molar-refractivity contribution in [3.8, 4) is 28.3 Å². The number of fused-ring (bicyclic) bond motifs is 1. The predicted molar refractivity (Wildman–Crippen MR) is 141 cm³/mol. The second-order valence-electron chi connectivity index (χ2n) is 9.15. The Morgan fingerprint density at radius 1 is 1.14 bits per heavy atom. The number of aryl methyl sites for hydroxylation is 1. The summed E-state index contributed by atoms with van der Waals surface area (Å²) in [6, 6.07) is 20.1. The zero-order chi connectivity index (χ0) is 25.1. The first-order chi connectivity index (χ1) is 17.6. The summed E-state index contributed by atoms with van der Waals surface area (Å²) < 4.78 is 6.34. The standard InChI is InChI=1S/C29H29N5O2/c1-4-8-22-24-16-20(21-9-6-7-10-23(21)29-31-33-34-32-29)17-25(28(24)36-26(22)5-2)30-27(35)15-19-13-11-18(3)12-14-19/h5-7,9-14,16-17,22,26H,2,4,8,15H2,1,3H3,(H,30,35)(H,31,32,33,34)/t22-,26+/m1/s1. The van der Waals surface area contributed by atoms with E-state index in [0.717, 1.165) is 52.0 Å². The molecule has 7 nitrogen and oxygen atoms in total. The number of aromatic amines is 1. The van der Waals surface area contributed by atoms with Gasteiger partial charge >= 0.3 is 0 Å². The van der Waals surface area contributed by atoms with E-state index < -0.39 is 0 Å². The number of nitrogens with zero attached hydrogens (tertiary/aromatic N) is 3. The molecule has 0 saturated carbocycles. The zero-order valence-corrected chi connectivity index (χ0v) is 20.5. The van der Waals surface area contributed by atoms with Gasteiger partial charge in [0.15, 0.2) is 0 Å². The van der Waals surface area contributed by atoms with Crippen LogP contribution in [0.15, 0.2) is 73.3 Å². The Morgan fingerprint density at radius 3 is 2.61 bits per heavy atom. The Kier molecular flexibility index (Phi) is 6.62. The summed E-state index contributed by atoms with van der Waals surface area (Å²) >= 11 is 0. The van der Waals surface area contributed by atoms with Gasteiger partial charge in [0.25, 0.3) is 0 Å². The van der Waals surface area contributed by atoms with Gasteiger partial charge in [-0.15, -0.1) is 10.2 Å². The van der Waals surface area contributed by atoms with E-state index in [1.54, 1.807) is 0 Å². The number of carbonyl (C=O) groups excluding carboxylic acids is 1. The van der Waals surface area contributed by atoms with Crippen molar-refractivity contribution in [2.24, 2.45) is 0 Å². The molecule has 0 unspecified atom stereocenters. The highest BCUT2D eigenvalue weighted by atomic mass is 16.5. The zero-order valence-electron chi connectivity index (χ0n) is 20.5. The highest BCUT2D eigenvalue weighted by Gasteiger charge is 2.34. The fraction of sp³-hybridized carbons (Fsp3) is 0.241. The molecular formula is C29H29N5O2. The van der Waals surface area contributed by atoms with Gasteiger partial charge in [-0.1, -0.05) is 80.1 Å². The van der Waals surface area contributed by atoms with Gasteiger partial charge in [-0.05, 0) is 47.4 Å². The van der Waals surface area contributed by atoms with Gasteiger partial charge in [0.05, 0.1) is 12.1 Å². The fourth-order valence-electron chi connectivity index (χ4n) is 4.84. The van der Waals surface area contributed by atoms with Crippen LogP contribution in [0.1, 0.15) is 42.4 Å². The van der Waals surface area contributed by atoms with Crippen LogP contribution in [0.3, 0.4) is 0 Å². The van der Waals surface area contributed by atoms with Gasteiger partial charge in [-0.25, -0.2) is 0 Å². The maximum Gasteiger partial charge on any atom is 0.228 e. The number of anilines is 1. The lowest BCUT2D eigenvalue weighted by molar-refractivity contribution is -0.115. The maximum absolute atomic E-state index is 13.1. The first-order valence-electron chi connectivity index (χ1n) is 12.2. The summed E-state index contributed by atoms with van der Waals surface area (Å²) in [6.45, 7) is 8.20. The lowest BCUT2D eigenvalue weighted by Crippen LogP contribution is -2.16. The number of aromatic nitrogens is 4.